The smallest absolute Gasteiger partial charge is 0.279 e. The van der Waals surface area contributed by atoms with E-state index in [2.05, 4.69) is 21.2 Å². The van der Waals surface area contributed by atoms with E-state index in [4.69, 9.17) is 4.74 Å². The molecule has 2 aromatic rings. The molecule has 2 heterocycles. The van der Waals surface area contributed by atoms with Crippen LogP contribution in [0.1, 0.15) is 12.7 Å². The van der Waals surface area contributed by atoms with Crippen molar-refractivity contribution < 1.29 is 13.2 Å². The van der Waals surface area contributed by atoms with E-state index in [0.717, 1.165) is 23.4 Å². The second kappa shape index (κ2) is 6.96. The maximum atomic E-state index is 12.2. The molecule has 3 rings (SSSR count). The number of benzene rings is 1. The van der Waals surface area contributed by atoms with Gasteiger partial charge in [-0.3, -0.25) is 0 Å². The molecule has 0 spiro atoms. The largest absolute Gasteiger partial charge is 0.379 e. The van der Waals surface area contributed by atoms with E-state index in [-0.39, 0.29) is 0 Å². The third kappa shape index (κ3) is 3.55. The quantitative estimate of drug-likeness (QED) is 0.844. The van der Waals surface area contributed by atoms with Gasteiger partial charge in [-0.15, -0.1) is 0 Å². The molecule has 1 fully saturated rings. The zero-order chi connectivity index (χ0) is 16.3. The molecule has 0 radical (unpaired) electrons. The lowest BCUT2D eigenvalue weighted by molar-refractivity contribution is 0.0725. The summed E-state index contributed by atoms with van der Waals surface area (Å²) in [6.45, 7) is 4.93. The minimum Gasteiger partial charge on any atom is -0.379 e. The first-order valence-electron chi connectivity index (χ1n) is 7.88. The average Bonchev–Trinajstić information content (AvgIpc) is 2.93. The Labute approximate surface area is 136 Å². The van der Waals surface area contributed by atoms with Crippen LogP contribution < -0.4 is 4.72 Å². The SMILES string of the molecule is CCn1c(CCNS(=O)(=O)N2CCOCC2)nc2ccccc21. The third-order valence-electron chi connectivity index (χ3n) is 3.99. The van der Waals surface area contributed by atoms with Crippen molar-refractivity contribution in [2.75, 3.05) is 32.8 Å². The van der Waals surface area contributed by atoms with Gasteiger partial charge in [0.1, 0.15) is 5.82 Å². The molecule has 0 saturated carbocycles. The summed E-state index contributed by atoms with van der Waals surface area (Å²) in [7, 11) is -3.44. The Morgan fingerprint density at radius 3 is 2.74 bits per heavy atom. The maximum Gasteiger partial charge on any atom is 0.279 e. The van der Waals surface area contributed by atoms with E-state index in [0.29, 0.717) is 39.3 Å². The third-order valence-corrected chi connectivity index (χ3v) is 5.61. The highest BCUT2D eigenvalue weighted by molar-refractivity contribution is 7.87. The van der Waals surface area contributed by atoms with Gasteiger partial charge >= 0.3 is 0 Å². The number of nitrogens with one attached hydrogen (secondary N) is 1. The van der Waals surface area contributed by atoms with Crippen LogP contribution in [0.25, 0.3) is 11.0 Å². The van der Waals surface area contributed by atoms with Crippen LogP contribution in [0.5, 0.6) is 0 Å². The first kappa shape index (κ1) is 16.4. The van der Waals surface area contributed by atoms with Crippen LogP contribution in [0.2, 0.25) is 0 Å². The summed E-state index contributed by atoms with van der Waals surface area (Å²) in [5, 5.41) is 0. The number of rotatable bonds is 6. The summed E-state index contributed by atoms with van der Waals surface area (Å²) < 4.78 is 35.9. The first-order valence-corrected chi connectivity index (χ1v) is 9.32. The van der Waals surface area contributed by atoms with Gasteiger partial charge < -0.3 is 9.30 Å². The van der Waals surface area contributed by atoms with Crippen LogP contribution in [0.3, 0.4) is 0 Å². The van der Waals surface area contributed by atoms with E-state index in [9.17, 15) is 8.42 Å². The number of morpholine rings is 1. The Bertz CT molecular complexity index is 766. The Hall–Kier alpha value is -1.48. The molecule has 1 N–H and O–H groups in total. The molecular weight excluding hydrogens is 316 g/mol. The van der Waals surface area contributed by atoms with E-state index in [1.54, 1.807) is 0 Å². The van der Waals surface area contributed by atoms with Crippen LogP contribution >= 0.6 is 0 Å². The number of hydrogen-bond acceptors (Lipinski definition) is 4. The van der Waals surface area contributed by atoms with E-state index >= 15 is 0 Å². The lowest BCUT2D eigenvalue weighted by Gasteiger charge is -2.26. The lowest BCUT2D eigenvalue weighted by atomic mass is 10.3. The Balaban J connectivity index is 1.66. The zero-order valence-corrected chi connectivity index (χ0v) is 14.1. The fourth-order valence-corrected chi connectivity index (χ4v) is 4.01. The minimum atomic E-state index is -3.44. The predicted octanol–water partition coefficient (Wildman–Crippen LogP) is 0.765. The summed E-state index contributed by atoms with van der Waals surface area (Å²) in [5.74, 6) is 0.901. The molecule has 8 heteroatoms. The van der Waals surface area contributed by atoms with Crippen LogP contribution in [-0.2, 0) is 27.9 Å². The van der Waals surface area contributed by atoms with E-state index in [1.165, 1.54) is 4.31 Å². The van der Waals surface area contributed by atoms with E-state index < -0.39 is 10.2 Å². The Morgan fingerprint density at radius 2 is 2.00 bits per heavy atom. The highest BCUT2D eigenvalue weighted by Gasteiger charge is 2.23. The van der Waals surface area contributed by atoms with E-state index in [1.807, 2.05) is 24.3 Å². The highest BCUT2D eigenvalue weighted by atomic mass is 32.2. The van der Waals surface area contributed by atoms with Crippen LogP contribution in [0, 0.1) is 0 Å². The standard InChI is InChI=1S/C15H22N4O3S/c1-2-19-14-6-4-3-5-13(14)17-15(19)7-8-16-23(20,21)18-9-11-22-12-10-18/h3-6,16H,2,7-12H2,1H3. The topological polar surface area (TPSA) is 76.5 Å². The van der Waals surface area contributed by atoms with Crippen molar-refractivity contribution in [3.8, 4) is 0 Å². The number of aromatic nitrogens is 2. The molecule has 1 saturated heterocycles. The average molecular weight is 338 g/mol. The monoisotopic (exact) mass is 338 g/mol. The van der Waals surface area contributed by atoms with Gasteiger partial charge in [-0.25, -0.2) is 9.71 Å². The number of para-hydroxylation sites is 2. The number of aryl methyl sites for hydroxylation is 1. The number of fused-ring (bicyclic) bond motifs is 1. The summed E-state index contributed by atoms with van der Waals surface area (Å²) in [5.41, 5.74) is 2.03. The second-order valence-corrected chi connectivity index (χ2v) is 7.18. The van der Waals surface area contributed by atoms with Crippen molar-refractivity contribution in [2.45, 2.75) is 19.9 Å². The van der Waals surface area contributed by atoms with Gasteiger partial charge in [-0.1, -0.05) is 12.1 Å². The molecule has 1 aromatic heterocycles. The summed E-state index contributed by atoms with van der Waals surface area (Å²) in [6, 6.07) is 7.96. The van der Waals surface area contributed by atoms with Crippen molar-refractivity contribution in [1.29, 1.82) is 0 Å². The molecule has 1 aromatic carbocycles. The van der Waals surface area contributed by atoms with Gasteiger partial charge in [0.05, 0.1) is 24.2 Å². The highest BCUT2D eigenvalue weighted by Crippen LogP contribution is 2.16. The van der Waals surface area contributed by atoms with Crippen molar-refractivity contribution in [2.24, 2.45) is 0 Å². The molecule has 23 heavy (non-hydrogen) atoms. The molecule has 0 aliphatic carbocycles. The van der Waals surface area contributed by atoms with Crippen molar-refractivity contribution >= 4 is 21.2 Å². The van der Waals surface area contributed by atoms with Gasteiger partial charge in [-0.05, 0) is 19.1 Å². The van der Waals surface area contributed by atoms with Gasteiger partial charge in [-0.2, -0.15) is 12.7 Å². The molecule has 0 amide bonds. The Kier molecular flexibility index (Phi) is 4.96. The number of nitrogens with zero attached hydrogens (tertiary/aromatic N) is 3. The van der Waals surface area contributed by atoms with Crippen LogP contribution in [0.15, 0.2) is 24.3 Å². The summed E-state index contributed by atoms with van der Waals surface area (Å²) >= 11 is 0. The predicted molar refractivity (Wildman–Crippen MR) is 88.4 cm³/mol. The molecule has 0 atom stereocenters. The van der Waals surface area contributed by atoms with Crippen LogP contribution in [-0.4, -0.2) is 55.1 Å². The molecule has 1 aliphatic rings. The lowest BCUT2D eigenvalue weighted by Crippen LogP contribution is -2.47. The molecule has 1 aliphatic heterocycles. The van der Waals surface area contributed by atoms with Gasteiger partial charge in [0.25, 0.3) is 10.2 Å². The fourth-order valence-electron chi connectivity index (χ4n) is 2.84. The van der Waals surface area contributed by atoms with Gasteiger partial charge in [0.2, 0.25) is 0 Å². The minimum absolute atomic E-state index is 0.336. The number of ether oxygens (including phenoxy) is 1. The Morgan fingerprint density at radius 1 is 1.26 bits per heavy atom. The molecule has 0 unspecified atom stereocenters. The summed E-state index contributed by atoms with van der Waals surface area (Å²) in [4.78, 5) is 4.61. The number of imidazole rings is 1. The van der Waals surface area contributed by atoms with Crippen molar-refractivity contribution in [1.82, 2.24) is 18.6 Å². The second-order valence-electron chi connectivity index (χ2n) is 5.42. The molecule has 7 nitrogen and oxygen atoms in total. The summed E-state index contributed by atoms with van der Waals surface area (Å²) in [6.07, 6.45) is 0.562. The molecular formula is C15H22N4O3S. The molecule has 126 valence electrons. The molecule has 0 bridgehead atoms. The number of hydrogen-bond donors (Lipinski definition) is 1. The first-order chi connectivity index (χ1) is 11.1. The zero-order valence-electron chi connectivity index (χ0n) is 13.2. The van der Waals surface area contributed by atoms with Gasteiger partial charge in [0, 0.05) is 32.6 Å². The maximum absolute atomic E-state index is 12.2. The van der Waals surface area contributed by atoms with Crippen molar-refractivity contribution in [3.05, 3.63) is 30.1 Å². The van der Waals surface area contributed by atoms with Gasteiger partial charge in [0.15, 0.2) is 0 Å². The normalized spacial score (nSPS) is 16.9. The van der Waals surface area contributed by atoms with Crippen LogP contribution in [0.4, 0.5) is 0 Å². The fraction of sp³-hybridized carbons (Fsp3) is 0.533. The van der Waals surface area contributed by atoms with Crippen molar-refractivity contribution in [3.63, 3.8) is 0 Å².